The number of nitrogens with zero attached hydrogens (tertiary/aromatic N) is 1. The molecule has 0 saturated carbocycles. The van der Waals surface area contributed by atoms with Crippen molar-refractivity contribution >= 4 is 6.09 Å². The van der Waals surface area contributed by atoms with Crippen LogP contribution < -0.4 is 5.32 Å². The zero-order valence-electron chi connectivity index (χ0n) is 14.1. The van der Waals surface area contributed by atoms with E-state index in [-0.39, 0.29) is 12.1 Å². The van der Waals surface area contributed by atoms with Crippen molar-refractivity contribution in [3.63, 3.8) is 0 Å². The summed E-state index contributed by atoms with van der Waals surface area (Å²) in [5.41, 5.74) is 0.864. The number of nitrogens with one attached hydrogen (secondary N) is 1. The Bertz CT molecular complexity index is 482. The van der Waals surface area contributed by atoms with Crippen LogP contribution in [-0.4, -0.2) is 35.2 Å². The molecule has 122 valence electrons. The summed E-state index contributed by atoms with van der Waals surface area (Å²) in [4.78, 5) is 14.4. The third kappa shape index (κ3) is 5.34. The molecular weight excluding hydrogens is 276 g/mol. The first-order valence-corrected chi connectivity index (χ1v) is 8.11. The minimum atomic E-state index is -0.449. The Morgan fingerprint density at radius 1 is 1.27 bits per heavy atom. The number of piperidine rings is 1. The smallest absolute Gasteiger partial charge is 0.407 e. The summed E-state index contributed by atoms with van der Waals surface area (Å²) in [7, 11) is 0. The Labute approximate surface area is 133 Å². The molecule has 1 unspecified atom stereocenters. The van der Waals surface area contributed by atoms with Gasteiger partial charge in [0.05, 0.1) is 0 Å². The fourth-order valence-corrected chi connectivity index (χ4v) is 2.81. The Morgan fingerprint density at radius 2 is 1.95 bits per heavy atom. The average Bonchev–Trinajstić information content (AvgIpc) is 2.41. The summed E-state index contributed by atoms with van der Waals surface area (Å²) in [6.07, 6.45) is 1.78. The normalized spacial score (nSPS) is 23.1. The lowest BCUT2D eigenvalue weighted by Gasteiger charge is -2.38. The number of amides is 1. The Kier molecular flexibility index (Phi) is 5.46. The van der Waals surface area contributed by atoms with Crippen molar-refractivity contribution in [1.29, 1.82) is 0 Å². The monoisotopic (exact) mass is 304 g/mol. The lowest BCUT2D eigenvalue weighted by molar-refractivity contribution is 0.0443. The quantitative estimate of drug-likeness (QED) is 0.928. The van der Waals surface area contributed by atoms with Gasteiger partial charge in [-0.2, -0.15) is 0 Å². The van der Waals surface area contributed by atoms with Gasteiger partial charge in [-0.1, -0.05) is 30.3 Å². The molecule has 2 rings (SSSR count). The van der Waals surface area contributed by atoms with Gasteiger partial charge in [0.1, 0.15) is 5.60 Å². The molecule has 1 aliphatic rings. The molecule has 1 aromatic carbocycles. The van der Waals surface area contributed by atoms with Crippen LogP contribution in [0, 0.1) is 0 Å². The van der Waals surface area contributed by atoms with Crippen molar-refractivity contribution in [2.75, 3.05) is 6.54 Å². The van der Waals surface area contributed by atoms with E-state index in [4.69, 9.17) is 4.74 Å². The van der Waals surface area contributed by atoms with Crippen LogP contribution in [-0.2, 0) is 11.3 Å². The van der Waals surface area contributed by atoms with Gasteiger partial charge in [-0.05, 0) is 46.1 Å². The van der Waals surface area contributed by atoms with E-state index in [1.807, 2.05) is 26.8 Å². The van der Waals surface area contributed by atoms with Crippen LogP contribution in [0.25, 0.3) is 0 Å². The first kappa shape index (κ1) is 16.8. The maximum Gasteiger partial charge on any atom is 0.407 e. The number of benzene rings is 1. The van der Waals surface area contributed by atoms with E-state index < -0.39 is 5.60 Å². The Morgan fingerprint density at radius 3 is 2.59 bits per heavy atom. The largest absolute Gasteiger partial charge is 0.444 e. The predicted octanol–water partition coefficient (Wildman–Crippen LogP) is 3.56. The van der Waals surface area contributed by atoms with Crippen molar-refractivity contribution in [3.8, 4) is 0 Å². The highest BCUT2D eigenvalue weighted by atomic mass is 16.6. The van der Waals surface area contributed by atoms with Gasteiger partial charge in [-0.3, -0.25) is 4.90 Å². The van der Waals surface area contributed by atoms with Crippen molar-refractivity contribution in [3.05, 3.63) is 35.9 Å². The van der Waals surface area contributed by atoms with Crippen LogP contribution in [0.2, 0.25) is 0 Å². The third-order valence-corrected chi connectivity index (χ3v) is 3.96. The molecule has 0 radical (unpaired) electrons. The van der Waals surface area contributed by atoms with Crippen LogP contribution in [0.3, 0.4) is 0 Å². The highest BCUT2D eigenvalue weighted by molar-refractivity contribution is 5.68. The minimum Gasteiger partial charge on any atom is -0.444 e. The molecule has 0 spiro atoms. The number of likely N-dealkylation sites (tertiary alicyclic amines) is 1. The van der Waals surface area contributed by atoms with Crippen LogP contribution >= 0.6 is 0 Å². The van der Waals surface area contributed by atoms with Crippen molar-refractivity contribution in [1.82, 2.24) is 10.2 Å². The first-order chi connectivity index (χ1) is 10.3. The number of rotatable bonds is 3. The maximum atomic E-state index is 11.9. The summed E-state index contributed by atoms with van der Waals surface area (Å²) >= 11 is 0. The topological polar surface area (TPSA) is 41.6 Å². The molecule has 0 aliphatic carbocycles. The molecule has 1 heterocycles. The molecule has 1 fully saturated rings. The van der Waals surface area contributed by atoms with Crippen molar-refractivity contribution in [2.24, 2.45) is 0 Å². The number of alkyl carbamates (subject to hydrolysis) is 1. The highest BCUT2D eigenvalue weighted by Crippen LogP contribution is 2.20. The molecular formula is C18H28N2O2. The molecule has 1 aromatic rings. The van der Waals surface area contributed by atoms with Gasteiger partial charge in [0.15, 0.2) is 0 Å². The number of hydrogen-bond acceptors (Lipinski definition) is 3. The van der Waals surface area contributed by atoms with Gasteiger partial charge in [0.2, 0.25) is 0 Å². The average molecular weight is 304 g/mol. The summed E-state index contributed by atoms with van der Waals surface area (Å²) in [5.74, 6) is 0. The molecule has 2 atom stereocenters. The molecule has 4 heteroatoms. The van der Waals surface area contributed by atoms with E-state index in [0.717, 1.165) is 25.9 Å². The van der Waals surface area contributed by atoms with E-state index in [9.17, 15) is 4.79 Å². The summed E-state index contributed by atoms with van der Waals surface area (Å²) < 4.78 is 5.35. The summed E-state index contributed by atoms with van der Waals surface area (Å²) in [5, 5.41) is 3.01. The summed E-state index contributed by atoms with van der Waals surface area (Å²) in [6.45, 7) is 9.71. The number of carbonyl (C=O) groups excluding carboxylic acids is 1. The lowest BCUT2D eigenvalue weighted by Crippen LogP contribution is -2.51. The number of carbonyl (C=O) groups is 1. The SMILES string of the molecule is CC1CC[C@@H](NC(=O)OC(C)(C)C)CN1Cc1ccccc1. The Hall–Kier alpha value is -1.55. The standard InChI is InChI=1S/C18H28N2O2/c1-14-10-11-16(19-17(21)22-18(2,3)4)13-20(14)12-15-8-6-5-7-9-15/h5-9,14,16H,10-13H2,1-4H3,(H,19,21)/t14?,16-/m1/s1. The molecule has 22 heavy (non-hydrogen) atoms. The zero-order chi connectivity index (χ0) is 16.2. The van der Waals surface area contributed by atoms with Crippen LogP contribution in [0.15, 0.2) is 30.3 Å². The van der Waals surface area contributed by atoms with E-state index in [1.54, 1.807) is 0 Å². The van der Waals surface area contributed by atoms with Gasteiger partial charge in [-0.15, -0.1) is 0 Å². The highest BCUT2D eigenvalue weighted by Gasteiger charge is 2.27. The van der Waals surface area contributed by atoms with Gasteiger partial charge >= 0.3 is 6.09 Å². The number of ether oxygens (including phenoxy) is 1. The van der Waals surface area contributed by atoms with Crippen LogP contribution in [0.4, 0.5) is 4.79 Å². The second kappa shape index (κ2) is 7.14. The van der Waals surface area contributed by atoms with E-state index in [0.29, 0.717) is 6.04 Å². The van der Waals surface area contributed by atoms with E-state index >= 15 is 0 Å². The molecule has 1 aliphatic heterocycles. The fourth-order valence-electron chi connectivity index (χ4n) is 2.81. The molecule has 1 amide bonds. The van der Waals surface area contributed by atoms with E-state index in [2.05, 4.69) is 41.4 Å². The van der Waals surface area contributed by atoms with Crippen molar-refractivity contribution in [2.45, 2.75) is 64.8 Å². The third-order valence-electron chi connectivity index (χ3n) is 3.96. The van der Waals surface area contributed by atoms with Crippen molar-refractivity contribution < 1.29 is 9.53 Å². The number of hydrogen-bond donors (Lipinski definition) is 1. The second-order valence-corrected chi connectivity index (χ2v) is 7.18. The fraction of sp³-hybridized carbons (Fsp3) is 0.611. The minimum absolute atomic E-state index is 0.162. The van der Waals surface area contributed by atoms with Gasteiger partial charge in [-0.25, -0.2) is 4.79 Å². The molecule has 1 saturated heterocycles. The molecule has 4 nitrogen and oxygen atoms in total. The molecule has 0 bridgehead atoms. The van der Waals surface area contributed by atoms with Crippen LogP contribution in [0.5, 0.6) is 0 Å². The Balaban J connectivity index is 1.89. The first-order valence-electron chi connectivity index (χ1n) is 8.11. The zero-order valence-corrected chi connectivity index (χ0v) is 14.1. The van der Waals surface area contributed by atoms with Gasteiger partial charge < -0.3 is 10.1 Å². The second-order valence-electron chi connectivity index (χ2n) is 7.18. The van der Waals surface area contributed by atoms with Crippen LogP contribution in [0.1, 0.15) is 46.1 Å². The summed E-state index contributed by atoms with van der Waals surface area (Å²) in [6, 6.07) is 11.2. The molecule has 0 aromatic heterocycles. The lowest BCUT2D eigenvalue weighted by atomic mass is 9.98. The maximum absolute atomic E-state index is 11.9. The molecule has 1 N–H and O–H groups in total. The van der Waals surface area contributed by atoms with Gasteiger partial charge in [0.25, 0.3) is 0 Å². The predicted molar refractivity (Wildman–Crippen MR) is 88.7 cm³/mol. The van der Waals surface area contributed by atoms with Gasteiger partial charge in [0, 0.05) is 25.2 Å². The van der Waals surface area contributed by atoms with E-state index in [1.165, 1.54) is 5.56 Å².